The van der Waals surface area contributed by atoms with Crippen molar-refractivity contribution < 1.29 is 9.53 Å². The topological polar surface area (TPSA) is 36.0 Å². The Morgan fingerprint density at radius 2 is 1.79 bits per heavy atom. The van der Waals surface area contributed by atoms with E-state index in [0.717, 1.165) is 44.6 Å². The molecule has 1 spiro atoms. The second-order valence-electron chi connectivity index (χ2n) is 9.26. The lowest BCUT2D eigenvalue weighted by atomic mass is 9.76. The third-order valence-electron chi connectivity index (χ3n) is 6.93. The van der Waals surface area contributed by atoms with Crippen molar-refractivity contribution in [3.05, 3.63) is 29.8 Å². The molecule has 1 amide bonds. The maximum absolute atomic E-state index is 12.8. The van der Waals surface area contributed by atoms with Crippen LogP contribution in [0.25, 0.3) is 0 Å². The Hall–Kier alpha value is -1.59. The summed E-state index contributed by atoms with van der Waals surface area (Å²) in [5, 5.41) is 0. The molecule has 3 aliphatic rings. The standard InChI is InChI=1S/C23H35N3O2/c1-24(2)20-7-5-19(6-8-20)15-22(27)26-13-9-23(10-14-26)16-21(28-18-23)17-25-11-3-4-12-25/h5-8,21H,3-4,9-18H2,1-2H3/t21-/m1/s1. The second-order valence-corrected chi connectivity index (χ2v) is 9.26. The molecule has 0 radical (unpaired) electrons. The molecule has 3 saturated heterocycles. The van der Waals surface area contributed by atoms with Crippen LogP contribution in [0.5, 0.6) is 0 Å². The first-order valence-corrected chi connectivity index (χ1v) is 10.9. The molecule has 0 unspecified atom stereocenters. The zero-order valence-electron chi connectivity index (χ0n) is 17.5. The van der Waals surface area contributed by atoms with Crippen molar-refractivity contribution in [1.29, 1.82) is 0 Å². The molecular formula is C23H35N3O2. The number of carbonyl (C=O) groups is 1. The van der Waals surface area contributed by atoms with E-state index >= 15 is 0 Å². The van der Waals surface area contributed by atoms with Crippen molar-refractivity contribution >= 4 is 11.6 Å². The summed E-state index contributed by atoms with van der Waals surface area (Å²) < 4.78 is 6.18. The molecule has 0 aromatic heterocycles. The summed E-state index contributed by atoms with van der Waals surface area (Å²) in [7, 11) is 4.07. The molecule has 5 nitrogen and oxygen atoms in total. The first-order chi connectivity index (χ1) is 13.5. The molecular weight excluding hydrogens is 350 g/mol. The minimum atomic E-state index is 0.264. The fourth-order valence-corrected chi connectivity index (χ4v) is 5.04. The van der Waals surface area contributed by atoms with Crippen molar-refractivity contribution in [2.24, 2.45) is 5.41 Å². The number of hydrogen-bond acceptors (Lipinski definition) is 4. The molecule has 3 fully saturated rings. The maximum atomic E-state index is 12.8. The molecule has 0 saturated carbocycles. The average molecular weight is 386 g/mol. The normalized spacial score (nSPS) is 24.8. The summed E-state index contributed by atoms with van der Waals surface area (Å²) >= 11 is 0. The summed E-state index contributed by atoms with van der Waals surface area (Å²) in [5.74, 6) is 0.264. The van der Waals surface area contributed by atoms with Gasteiger partial charge in [0, 0.05) is 39.4 Å². The Balaban J connectivity index is 1.25. The molecule has 1 atom stereocenters. The molecule has 5 heteroatoms. The van der Waals surface area contributed by atoms with E-state index in [1.54, 1.807) is 0 Å². The number of piperidine rings is 1. The van der Waals surface area contributed by atoms with Gasteiger partial charge in [0.1, 0.15) is 0 Å². The molecule has 0 aliphatic carbocycles. The lowest BCUT2D eigenvalue weighted by molar-refractivity contribution is -0.132. The van der Waals surface area contributed by atoms with Gasteiger partial charge in [0.05, 0.1) is 19.1 Å². The summed E-state index contributed by atoms with van der Waals surface area (Å²) in [5.41, 5.74) is 2.58. The van der Waals surface area contributed by atoms with Gasteiger partial charge in [-0.2, -0.15) is 0 Å². The van der Waals surface area contributed by atoms with Gasteiger partial charge in [-0.1, -0.05) is 12.1 Å². The third-order valence-corrected chi connectivity index (χ3v) is 6.93. The van der Waals surface area contributed by atoms with Gasteiger partial charge in [-0.25, -0.2) is 0 Å². The summed E-state index contributed by atoms with van der Waals surface area (Å²) in [4.78, 5) is 19.5. The van der Waals surface area contributed by atoms with Gasteiger partial charge in [0.25, 0.3) is 0 Å². The van der Waals surface area contributed by atoms with Gasteiger partial charge < -0.3 is 19.4 Å². The van der Waals surface area contributed by atoms with Crippen molar-refractivity contribution in [1.82, 2.24) is 9.80 Å². The van der Waals surface area contributed by atoms with Crippen molar-refractivity contribution in [3.63, 3.8) is 0 Å². The predicted octanol–water partition coefficient (Wildman–Crippen LogP) is 2.79. The largest absolute Gasteiger partial charge is 0.378 e. The minimum absolute atomic E-state index is 0.264. The molecule has 3 aliphatic heterocycles. The monoisotopic (exact) mass is 385 g/mol. The first kappa shape index (κ1) is 19.7. The highest BCUT2D eigenvalue weighted by Crippen LogP contribution is 2.42. The van der Waals surface area contributed by atoms with Crippen LogP contribution in [0.2, 0.25) is 0 Å². The van der Waals surface area contributed by atoms with Crippen molar-refractivity contribution in [2.75, 3.05) is 58.3 Å². The Labute approximate surface area is 169 Å². The van der Waals surface area contributed by atoms with E-state index in [2.05, 4.69) is 39.0 Å². The van der Waals surface area contributed by atoms with Gasteiger partial charge in [-0.15, -0.1) is 0 Å². The Kier molecular flexibility index (Phi) is 5.93. The zero-order valence-corrected chi connectivity index (χ0v) is 17.5. The van der Waals surface area contributed by atoms with Crippen LogP contribution in [0.3, 0.4) is 0 Å². The maximum Gasteiger partial charge on any atom is 0.226 e. The molecule has 0 bridgehead atoms. The van der Waals surface area contributed by atoms with E-state index in [0.29, 0.717) is 17.9 Å². The molecule has 4 rings (SSSR count). The van der Waals surface area contributed by atoms with Crippen LogP contribution < -0.4 is 4.90 Å². The third kappa shape index (κ3) is 4.52. The van der Waals surface area contributed by atoms with E-state index in [9.17, 15) is 4.79 Å². The molecule has 0 N–H and O–H groups in total. The highest BCUT2D eigenvalue weighted by molar-refractivity contribution is 5.79. The molecule has 1 aromatic rings. The number of anilines is 1. The number of carbonyl (C=O) groups excluding carboxylic acids is 1. The van der Waals surface area contributed by atoms with E-state index < -0.39 is 0 Å². The first-order valence-electron chi connectivity index (χ1n) is 10.9. The number of amides is 1. The summed E-state index contributed by atoms with van der Waals surface area (Å²) in [6, 6.07) is 8.33. The lowest BCUT2D eigenvalue weighted by Crippen LogP contribution is -2.44. The average Bonchev–Trinajstić information content (AvgIpc) is 3.33. The fourth-order valence-electron chi connectivity index (χ4n) is 5.04. The number of benzene rings is 1. The smallest absolute Gasteiger partial charge is 0.226 e. The SMILES string of the molecule is CN(C)c1ccc(CC(=O)N2CCC3(CC2)CO[C@@H](CN2CCCC2)C3)cc1. The second kappa shape index (κ2) is 8.42. The molecule has 3 heterocycles. The Morgan fingerprint density at radius 1 is 1.11 bits per heavy atom. The zero-order chi connectivity index (χ0) is 19.6. The van der Waals surface area contributed by atoms with E-state index in [-0.39, 0.29) is 5.91 Å². The van der Waals surface area contributed by atoms with Gasteiger partial charge in [-0.05, 0) is 68.3 Å². The van der Waals surface area contributed by atoms with Crippen LogP contribution in [-0.2, 0) is 16.0 Å². The van der Waals surface area contributed by atoms with Gasteiger partial charge in [0.15, 0.2) is 0 Å². The molecule has 154 valence electrons. The highest BCUT2D eigenvalue weighted by atomic mass is 16.5. The predicted molar refractivity (Wildman–Crippen MR) is 113 cm³/mol. The Bertz CT molecular complexity index is 659. The minimum Gasteiger partial charge on any atom is -0.378 e. The van der Waals surface area contributed by atoms with Crippen LogP contribution in [0, 0.1) is 5.41 Å². The van der Waals surface area contributed by atoms with Gasteiger partial charge >= 0.3 is 0 Å². The van der Waals surface area contributed by atoms with Crippen LogP contribution in [0.1, 0.15) is 37.7 Å². The van der Waals surface area contributed by atoms with Gasteiger partial charge in [-0.3, -0.25) is 4.79 Å². The number of ether oxygens (including phenoxy) is 1. The molecule has 28 heavy (non-hydrogen) atoms. The number of hydrogen-bond donors (Lipinski definition) is 0. The summed E-state index contributed by atoms with van der Waals surface area (Å²) in [6.07, 6.45) is 6.95. The van der Waals surface area contributed by atoms with Gasteiger partial charge in [0.2, 0.25) is 5.91 Å². The highest BCUT2D eigenvalue weighted by Gasteiger charge is 2.43. The van der Waals surface area contributed by atoms with Crippen LogP contribution in [0.4, 0.5) is 5.69 Å². The quantitative estimate of drug-likeness (QED) is 0.781. The summed E-state index contributed by atoms with van der Waals surface area (Å²) in [6.45, 7) is 6.24. The van der Waals surface area contributed by atoms with Crippen LogP contribution >= 0.6 is 0 Å². The molecule has 1 aromatic carbocycles. The van der Waals surface area contributed by atoms with E-state index in [1.165, 1.54) is 38.0 Å². The van der Waals surface area contributed by atoms with E-state index in [4.69, 9.17) is 4.74 Å². The van der Waals surface area contributed by atoms with Crippen LogP contribution in [0.15, 0.2) is 24.3 Å². The van der Waals surface area contributed by atoms with Crippen molar-refractivity contribution in [2.45, 2.75) is 44.6 Å². The number of nitrogens with zero attached hydrogens (tertiary/aromatic N) is 3. The van der Waals surface area contributed by atoms with Crippen molar-refractivity contribution in [3.8, 4) is 0 Å². The van der Waals surface area contributed by atoms with Crippen LogP contribution in [-0.4, -0.2) is 75.2 Å². The fraction of sp³-hybridized carbons (Fsp3) is 0.696. The van der Waals surface area contributed by atoms with E-state index in [1.807, 2.05) is 14.1 Å². The number of rotatable bonds is 5. The lowest BCUT2D eigenvalue weighted by Gasteiger charge is -2.38. The Morgan fingerprint density at radius 3 is 2.43 bits per heavy atom. The number of likely N-dealkylation sites (tertiary alicyclic amines) is 2.